The summed E-state index contributed by atoms with van der Waals surface area (Å²) in [6.07, 6.45) is 1.74. The minimum atomic E-state index is 0.0319. The summed E-state index contributed by atoms with van der Waals surface area (Å²) in [5.41, 5.74) is 0. The Morgan fingerprint density at radius 3 is 2.21 bits per heavy atom. The second kappa shape index (κ2) is 6.87. The van der Waals surface area contributed by atoms with Gasteiger partial charge in [0.05, 0.1) is 0 Å². The van der Waals surface area contributed by atoms with E-state index in [1.54, 1.807) is 22.7 Å². The highest BCUT2D eigenvalue weighted by Crippen LogP contribution is 2.15. The van der Waals surface area contributed by atoms with E-state index in [2.05, 4.69) is 35.1 Å². The molecule has 2 nitrogen and oxygen atoms in total. The first kappa shape index (κ1) is 14.3. The van der Waals surface area contributed by atoms with E-state index in [1.807, 2.05) is 19.1 Å². The second-order valence-electron chi connectivity index (χ2n) is 4.88. The molecule has 0 radical (unpaired) electrons. The molecule has 0 saturated carbocycles. The number of hydrogen-bond acceptors (Lipinski definition) is 3. The van der Waals surface area contributed by atoms with E-state index in [0.717, 1.165) is 12.8 Å². The average Bonchev–Trinajstić information content (AvgIpc) is 3.01. The van der Waals surface area contributed by atoms with Crippen LogP contribution in [0.4, 0.5) is 0 Å². The van der Waals surface area contributed by atoms with Gasteiger partial charge in [-0.3, -0.25) is 4.79 Å². The number of nitrogens with one attached hydrogen (secondary N) is 1. The molecule has 4 heteroatoms. The number of carbonyl (C=O) groups is 1. The maximum Gasteiger partial charge on any atom is 0.223 e. The van der Waals surface area contributed by atoms with E-state index in [9.17, 15) is 4.79 Å². The first-order valence-corrected chi connectivity index (χ1v) is 8.26. The van der Waals surface area contributed by atoms with Crippen LogP contribution in [-0.2, 0) is 17.6 Å². The molecule has 1 N–H and O–H groups in total. The second-order valence-corrected chi connectivity index (χ2v) is 6.94. The molecule has 0 unspecified atom stereocenters. The van der Waals surface area contributed by atoms with Crippen molar-refractivity contribution in [2.45, 2.75) is 32.7 Å². The van der Waals surface area contributed by atoms with Gasteiger partial charge in [-0.05, 0) is 36.2 Å². The van der Waals surface area contributed by atoms with Crippen molar-refractivity contribution >= 4 is 28.6 Å². The maximum absolute atomic E-state index is 12.1. The Bertz CT molecular complexity index is 490. The van der Waals surface area contributed by atoms with Crippen molar-refractivity contribution in [3.05, 3.63) is 44.8 Å². The molecule has 0 spiro atoms. The first-order chi connectivity index (χ1) is 9.15. The summed E-state index contributed by atoms with van der Waals surface area (Å²) < 4.78 is 0. The summed E-state index contributed by atoms with van der Waals surface area (Å²) in [4.78, 5) is 14.7. The van der Waals surface area contributed by atoms with E-state index in [4.69, 9.17) is 0 Å². The fourth-order valence-corrected chi connectivity index (χ4v) is 3.66. The van der Waals surface area contributed by atoms with E-state index in [0.29, 0.717) is 0 Å². The minimum Gasteiger partial charge on any atom is -0.353 e. The predicted molar refractivity (Wildman–Crippen MR) is 82.8 cm³/mol. The zero-order valence-electron chi connectivity index (χ0n) is 11.3. The first-order valence-electron chi connectivity index (χ1n) is 6.50. The SMILES string of the molecule is C[C@H](Cc1cccs1)NC(=O)[C@@H](C)Cc1cccs1. The number of carbonyl (C=O) groups excluding carboxylic acids is 1. The van der Waals surface area contributed by atoms with Gasteiger partial charge in [0.2, 0.25) is 5.91 Å². The van der Waals surface area contributed by atoms with Crippen molar-refractivity contribution in [1.29, 1.82) is 0 Å². The number of amides is 1. The zero-order chi connectivity index (χ0) is 13.7. The summed E-state index contributed by atoms with van der Waals surface area (Å²) in [5, 5.41) is 7.23. The average molecular weight is 293 g/mol. The van der Waals surface area contributed by atoms with Crippen molar-refractivity contribution in [3.8, 4) is 0 Å². The van der Waals surface area contributed by atoms with Gasteiger partial charge in [0.25, 0.3) is 0 Å². The molecular weight excluding hydrogens is 274 g/mol. The molecule has 2 aromatic heterocycles. The van der Waals surface area contributed by atoms with Crippen molar-refractivity contribution in [3.63, 3.8) is 0 Å². The standard InChI is InChI=1S/C15H19NOS2/c1-11(9-13-5-3-7-18-13)15(17)16-12(2)10-14-6-4-8-19-14/h3-8,11-12H,9-10H2,1-2H3,(H,16,17)/t11-,12+/m0/s1. The summed E-state index contributed by atoms with van der Waals surface area (Å²) in [6.45, 7) is 4.06. The highest BCUT2D eigenvalue weighted by atomic mass is 32.1. The molecule has 0 bridgehead atoms. The third-order valence-electron chi connectivity index (χ3n) is 3.01. The Labute approximate surface area is 122 Å². The fraction of sp³-hybridized carbons (Fsp3) is 0.400. The molecule has 2 aromatic rings. The summed E-state index contributed by atoms with van der Waals surface area (Å²) in [7, 11) is 0. The summed E-state index contributed by atoms with van der Waals surface area (Å²) in [5.74, 6) is 0.182. The van der Waals surface area contributed by atoms with Crippen LogP contribution in [-0.4, -0.2) is 11.9 Å². The van der Waals surface area contributed by atoms with Crippen LogP contribution in [0.5, 0.6) is 0 Å². The van der Waals surface area contributed by atoms with Crippen molar-refractivity contribution in [1.82, 2.24) is 5.32 Å². The van der Waals surface area contributed by atoms with Gasteiger partial charge in [-0.25, -0.2) is 0 Å². The molecule has 102 valence electrons. The topological polar surface area (TPSA) is 29.1 Å². The van der Waals surface area contributed by atoms with Crippen LogP contribution in [0.2, 0.25) is 0 Å². The van der Waals surface area contributed by atoms with Crippen LogP contribution >= 0.6 is 22.7 Å². The quantitative estimate of drug-likeness (QED) is 0.864. The van der Waals surface area contributed by atoms with Gasteiger partial charge >= 0.3 is 0 Å². The van der Waals surface area contributed by atoms with E-state index >= 15 is 0 Å². The molecule has 2 rings (SSSR count). The van der Waals surface area contributed by atoms with Gasteiger partial charge in [-0.1, -0.05) is 19.1 Å². The number of thiophene rings is 2. The Balaban J connectivity index is 1.79. The Morgan fingerprint density at radius 1 is 1.11 bits per heavy atom. The lowest BCUT2D eigenvalue weighted by atomic mass is 10.1. The Morgan fingerprint density at radius 2 is 1.68 bits per heavy atom. The van der Waals surface area contributed by atoms with Gasteiger partial charge in [0, 0.05) is 28.1 Å². The van der Waals surface area contributed by atoms with Crippen LogP contribution in [0.15, 0.2) is 35.0 Å². The van der Waals surface area contributed by atoms with E-state index in [-0.39, 0.29) is 17.9 Å². The lowest BCUT2D eigenvalue weighted by Gasteiger charge is -2.16. The number of rotatable bonds is 6. The van der Waals surface area contributed by atoms with Crippen molar-refractivity contribution < 1.29 is 4.79 Å². The van der Waals surface area contributed by atoms with Crippen LogP contribution in [0.25, 0.3) is 0 Å². The molecule has 19 heavy (non-hydrogen) atoms. The number of hydrogen-bond donors (Lipinski definition) is 1. The fourth-order valence-electron chi connectivity index (χ4n) is 1.99. The minimum absolute atomic E-state index is 0.0319. The molecular formula is C15H19NOS2. The smallest absolute Gasteiger partial charge is 0.223 e. The molecule has 0 aliphatic carbocycles. The van der Waals surface area contributed by atoms with Gasteiger partial charge < -0.3 is 5.32 Å². The van der Waals surface area contributed by atoms with Crippen molar-refractivity contribution in [2.24, 2.45) is 5.92 Å². The molecule has 0 fully saturated rings. The largest absolute Gasteiger partial charge is 0.353 e. The van der Waals surface area contributed by atoms with Gasteiger partial charge in [-0.15, -0.1) is 22.7 Å². The highest BCUT2D eigenvalue weighted by molar-refractivity contribution is 7.10. The zero-order valence-corrected chi connectivity index (χ0v) is 12.9. The van der Waals surface area contributed by atoms with E-state index < -0.39 is 0 Å². The van der Waals surface area contributed by atoms with Crippen LogP contribution in [0.3, 0.4) is 0 Å². The van der Waals surface area contributed by atoms with Crippen molar-refractivity contribution in [2.75, 3.05) is 0 Å². The van der Waals surface area contributed by atoms with Gasteiger partial charge in [0.15, 0.2) is 0 Å². The van der Waals surface area contributed by atoms with E-state index in [1.165, 1.54) is 9.75 Å². The third kappa shape index (κ3) is 4.48. The summed E-state index contributed by atoms with van der Waals surface area (Å²) >= 11 is 3.45. The highest BCUT2D eigenvalue weighted by Gasteiger charge is 2.16. The lowest BCUT2D eigenvalue weighted by Crippen LogP contribution is -2.38. The van der Waals surface area contributed by atoms with Crippen LogP contribution < -0.4 is 5.32 Å². The normalized spacial score (nSPS) is 14.0. The molecule has 0 aliphatic rings. The van der Waals surface area contributed by atoms with Crippen LogP contribution in [0.1, 0.15) is 23.6 Å². The Hall–Kier alpha value is -1.13. The predicted octanol–water partition coefficient (Wildman–Crippen LogP) is 3.74. The molecule has 0 saturated heterocycles. The molecule has 0 aromatic carbocycles. The molecule has 0 aliphatic heterocycles. The monoisotopic (exact) mass is 293 g/mol. The van der Waals surface area contributed by atoms with Crippen LogP contribution in [0, 0.1) is 5.92 Å². The molecule has 2 heterocycles. The maximum atomic E-state index is 12.1. The Kier molecular flexibility index (Phi) is 5.16. The van der Waals surface area contributed by atoms with Gasteiger partial charge in [-0.2, -0.15) is 0 Å². The van der Waals surface area contributed by atoms with Gasteiger partial charge in [0.1, 0.15) is 0 Å². The third-order valence-corrected chi connectivity index (χ3v) is 4.81. The molecule has 2 atom stereocenters. The lowest BCUT2D eigenvalue weighted by molar-refractivity contribution is -0.125. The summed E-state index contributed by atoms with van der Waals surface area (Å²) in [6, 6.07) is 8.47. The molecule has 1 amide bonds.